The number of Topliss-reactive ketones (excluding diaryl/α,β-unsaturated/α-hetero) is 1. The third-order valence-electron chi connectivity index (χ3n) is 5.08. The van der Waals surface area contributed by atoms with E-state index in [0.717, 1.165) is 0 Å². The van der Waals surface area contributed by atoms with E-state index < -0.39 is 0 Å². The maximum atomic E-state index is 12.9. The molecule has 23 heavy (non-hydrogen) atoms. The third kappa shape index (κ3) is 3.09. The minimum Gasteiger partial charge on any atom is -0.299 e. The number of rotatable bonds is 3. The zero-order chi connectivity index (χ0) is 16.4. The number of likely N-dealkylation sites (tertiary alicyclic amines) is 1. The van der Waals surface area contributed by atoms with Crippen molar-refractivity contribution >= 4 is 5.78 Å². The van der Waals surface area contributed by atoms with Gasteiger partial charge in [0.1, 0.15) is 5.78 Å². The molecule has 0 radical (unpaired) electrons. The van der Waals surface area contributed by atoms with Crippen LogP contribution < -0.4 is 0 Å². The fourth-order valence-electron chi connectivity index (χ4n) is 3.95. The highest BCUT2D eigenvalue weighted by atomic mass is 16.1. The first-order chi connectivity index (χ1) is 11.1. The van der Waals surface area contributed by atoms with E-state index in [4.69, 9.17) is 0 Å². The number of hydrogen-bond donors (Lipinski definition) is 0. The van der Waals surface area contributed by atoms with E-state index in [1.165, 1.54) is 11.1 Å². The SMILES string of the molecule is CC(C)C1C(=O)CC(c2ccccc2)N(C)C1c1ccccc1. The van der Waals surface area contributed by atoms with Crippen LogP contribution >= 0.6 is 0 Å². The molecule has 0 aliphatic carbocycles. The highest BCUT2D eigenvalue weighted by molar-refractivity contribution is 5.84. The van der Waals surface area contributed by atoms with Crippen LogP contribution in [-0.4, -0.2) is 17.7 Å². The molecular formula is C21H25NO. The van der Waals surface area contributed by atoms with Crippen molar-refractivity contribution in [3.8, 4) is 0 Å². The van der Waals surface area contributed by atoms with Crippen LogP contribution in [0, 0.1) is 11.8 Å². The lowest BCUT2D eigenvalue weighted by Crippen LogP contribution is -2.45. The van der Waals surface area contributed by atoms with Gasteiger partial charge in [0.05, 0.1) is 0 Å². The maximum Gasteiger partial charge on any atom is 0.140 e. The van der Waals surface area contributed by atoms with Gasteiger partial charge in [-0.3, -0.25) is 9.69 Å². The quantitative estimate of drug-likeness (QED) is 0.823. The molecular weight excluding hydrogens is 282 g/mol. The molecule has 3 rings (SSSR count). The highest BCUT2D eigenvalue weighted by Gasteiger charge is 2.42. The summed E-state index contributed by atoms with van der Waals surface area (Å²) in [5.74, 6) is 0.787. The van der Waals surface area contributed by atoms with Gasteiger partial charge in [0, 0.05) is 24.4 Å². The third-order valence-corrected chi connectivity index (χ3v) is 5.08. The predicted octanol–water partition coefficient (Wildman–Crippen LogP) is 4.65. The molecule has 3 atom stereocenters. The Balaban J connectivity index is 2.02. The van der Waals surface area contributed by atoms with Gasteiger partial charge in [-0.15, -0.1) is 0 Å². The van der Waals surface area contributed by atoms with Gasteiger partial charge < -0.3 is 0 Å². The molecule has 120 valence electrons. The summed E-state index contributed by atoms with van der Waals surface area (Å²) < 4.78 is 0. The zero-order valence-electron chi connectivity index (χ0n) is 14.1. The molecule has 1 saturated heterocycles. The zero-order valence-corrected chi connectivity index (χ0v) is 14.1. The smallest absolute Gasteiger partial charge is 0.140 e. The second-order valence-electron chi connectivity index (χ2n) is 6.89. The summed E-state index contributed by atoms with van der Waals surface area (Å²) in [6.45, 7) is 4.32. The van der Waals surface area contributed by atoms with Gasteiger partial charge >= 0.3 is 0 Å². The molecule has 0 N–H and O–H groups in total. The lowest BCUT2D eigenvalue weighted by atomic mass is 9.74. The van der Waals surface area contributed by atoms with E-state index >= 15 is 0 Å². The van der Waals surface area contributed by atoms with Gasteiger partial charge in [-0.1, -0.05) is 74.5 Å². The molecule has 0 aromatic heterocycles. The molecule has 1 aliphatic heterocycles. The number of nitrogens with zero attached hydrogens (tertiary/aromatic N) is 1. The molecule has 2 heteroatoms. The first-order valence-electron chi connectivity index (χ1n) is 8.44. The summed E-state index contributed by atoms with van der Waals surface area (Å²) in [7, 11) is 2.16. The van der Waals surface area contributed by atoms with Crippen molar-refractivity contribution in [2.45, 2.75) is 32.4 Å². The van der Waals surface area contributed by atoms with Crippen LogP contribution in [0.15, 0.2) is 60.7 Å². The molecule has 3 unspecified atom stereocenters. The summed E-state index contributed by atoms with van der Waals surface area (Å²) >= 11 is 0. The van der Waals surface area contributed by atoms with Gasteiger partial charge in [-0.25, -0.2) is 0 Å². The Labute approximate surface area is 139 Å². The maximum absolute atomic E-state index is 12.9. The number of piperidine rings is 1. The van der Waals surface area contributed by atoms with Crippen LogP contribution in [0.25, 0.3) is 0 Å². The lowest BCUT2D eigenvalue weighted by Gasteiger charge is -2.45. The number of ketones is 1. The second kappa shape index (κ2) is 6.67. The average Bonchev–Trinajstić information content (AvgIpc) is 2.57. The number of hydrogen-bond acceptors (Lipinski definition) is 2. The first-order valence-corrected chi connectivity index (χ1v) is 8.44. The van der Waals surface area contributed by atoms with E-state index in [2.05, 4.69) is 74.3 Å². The summed E-state index contributed by atoms with van der Waals surface area (Å²) in [6, 6.07) is 21.2. The van der Waals surface area contributed by atoms with Crippen molar-refractivity contribution in [1.29, 1.82) is 0 Å². The summed E-state index contributed by atoms with van der Waals surface area (Å²) in [6.07, 6.45) is 0.604. The van der Waals surface area contributed by atoms with E-state index in [1.54, 1.807) is 0 Å². The fourth-order valence-corrected chi connectivity index (χ4v) is 3.95. The minimum absolute atomic E-state index is 0.0577. The topological polar surface area (TPSA) is 20.3 Å². The molecule has 0 amide bonds. The molecule has 0 saturated carbocycles. The summed E-state index contributed by atoms with van der Waals surface area (Å²) in [5.41, 5.74) is 2.47. The van der Waals surface area contributed by atoms with E-state index in [-0.39, 0.29) is 18.0 Å². The van der Waals surface area contributed by atoms with Gasteiger partial charge in [0.2, 0.25) is 0 Å². The molecule has 2 aromatic rings. The van der Waals surface area contributed by atoms with Gasteiger partial charge in [0.25, 0.3) is 0 Å². The Kier molecular flexibility index (Phi) is 4.63. The summed E-state index contributed by atoms with van der Waals surface area (Å²) in [4.78, 5) is 15.3. The van der Waals surface area contributed by atoms with Crippen molar-refractivity contribution in [2.75, 3.05) is 7.05 Å². The average molecular weight is 307 g/mol. The standard InChI is InChI=1S/C21H25NO/c1-15(2)20-19(23)14-18(16-10-6-4-7-11-16)22(3)21(20)17-12-8-5-9-13-17/h4-13,15,18,20-21H,14H2,1-3H3. The highest BCUT2D eigenvalue weighted by Crippen LogP contribution is 2.44. The van der Waals surface area contributed by atoms with E-state index in [0.29, 0.717) is 18.1 Å². The van der Waals surface area contributed by atoms with E-state index in [9.17, 15) is 4.79 Å². The lowest BCUT2D eigenvalue weighted by molar-refractivity contribution is -0.133. The molecule has 2 aromatic carbocycles. The van der Waals surface area contributed by atoms with Crippen LogP contribution in [-0.2, 0) is 4.79 Å². The summed E-state index contributed by atoms with van der Waals surface area (Å²) in [5, 5.41) is 0. The minimum atomic E-state index is 0.0577. The van der Waals surface area contributed by atoms with Gasteiger partial charge in [-0.2, -0.15) is 0 Å². The molecule has 2 nitrogen and oxygen atoms in total. The molecule has 0 bridgehead atoms. The van der Waals surface area contributed by atoms with Gasteiger partial charge in [-0.05, 0) is 24.1 Å². The van der Waals surface area contributed by atoms with Crippen LogP contribution in [0.4, 0.5) is 0 Å². The molecule has 0 spiro atoms. The Morgan fingerprint density at radius 1 is 0.913 bits per heavy atom. The Morgan fingerprint density at radius 3 is 1.96 bits per heavy atom. The largest absolute Gasteiger partial charge is 0.299 e. The van der Waals surface area contributed by atoms with Crippen molar-refractivity contribution in [3.63, 3.8) is 0 Å². The molecule has 1 aliphatic rings. The second-order valence-corrected chi connectivity index (χ2v) is 6.89. The Bertz CT molecular complexity index is 650. The van der Waals surface area contributed by atoms with Crippen molar-refractivity contribution in [3.05, 3.63) is 71.8 Å². The van der Waals surface area contributed by atoms with Crippen LogP contribution in [0.2, 0.25) is 0 Å². The molecule has 1 heterocycles. The number of carbonyl (C=O) groups is 1. The first kappa shape index (κ1) is 15.9. The van der Waals surface area contributed by atoms with Crippen molar-refractivity contribution in [1.82, 2.24) is 4.90 Å². The van der Waals surface area contributed by atoms with Crippen molar-refractivity contribution in [2.24, 2.45) is 11.8 Å². The Hall–Kier alpha value is -1.93. The van der Waals surface area contributed by atoms with Crippen LogP contribution in [0.3, 0.4) is 0 Å². The monoisotopic (exact) mass is 307 g/mol. The number of benzene rings is 2. The molecule has 1 fully saturated rings. The normalized spacial score (nSPS) is 25.7. The van der Waals surface area contributed by atoms with Crippen LogP contribution in [0.5, 0.6) is 0 Å². The number of carbonyl (C=O) groups excluding carboxylic acids is 1. The van der Waals surface area contributed by atoms with Crippen molar-refractivity contribution < 1.29 is 4.79 Å². The fraction of sp³-hybridized carbons (Fsp3) is 0.381. The van der Waals surface area contributed by atoms with Crippen LogP contribution in [0.1, 0.15) is 43.5 Å². The predicted molar refractivity (Wildman–Crippen MR) is 94.1 cm³/mol. The Morgan fingerprint density at radius 2 is 1.43 bits per heavy atom. The van der Waals surface area contributed by atoms with E-state index in [1.807, 2.05) is 12.1 Å². The van der Waals surface area contributed by atoms with Gasteiger partial charge in [0.15, 0.2) is 0 Å².